The summed E-state index contributed by atoms with van der Waals surface area (Å²) in [5, 5.41) is 14.1. The Morgan fingerprint density at radius 1 is 1.32 bits per heavy atom. The Morgan fingerprint density at radius 2 is 2.00 bits per heavy atom. The van der Waals surface area contributed by atoms with E-state index in [0.29, 0.717) is 31.1 Å². The molecule has 5 N–H and O–H groups in total. The van der Waals surface area contributed by atoms with Crippen LogP contribution in [0.3, 0.4) is 0 Å². The standard InChI is InChI=1S/C11H19N3O4S/c1-18-5-3-14(2-4-15)10-6-9(12)7-11(8-10)19(13,16)17/h6-8,15H,2-5,12H2,1H3,(H2,13,16,17). The summed E-state index contributed by atoms with van der Waals surface area (Å²) in [4.78, 5) is 1.72. The fourth-order valence-corrected chi connectivity index (χ4v) is 2.23. The van der Waals surface area contributed by atoms with Crippen LogP contribution in [0.1, 0.15) is 0 Å². The highest BCUT2D eigenvalue weighted by molar-refractivity contribution is 7.89. The number of rotatable bonds is 7. The minimum absolute atomic E-state index is 0.0529. The van der Waals surface area contributed by atoms with Gasteiger partial charge >= 0.3 is 0 Å². The number of nitrogen functional groups attached to an aromatic ring is 1. The number of ether oxygens (including phenoxy) is 1. The zero-order valence-corrected chi connectivity index (χ0v) is 11.6. The highest BCUT2D eigenvalue weighted by atomic mass is 32.2. The van der Waals surface area contributed by atoms with Gasteiger partial charge in [-0.1, -0.05) is 0 Å². The number of aliphatic hydroxyl groups is 1. The predicted octanol–water partition coefficient (Wildman–Crippen LogP) is -0.639. The molecular weight excluding hydrogens is 270 g/mol. The lowest BCUT2D eigenvalue weighted by Gasteiger charge is -2.24. The second-order valence-corrected chi connectivity index (χ2v) is 5.57. The minimum Gasteiger partial charge on any atom is -0.399 e. The number of benzene rings is 1. The lowest BCUT2D eigenvalue weighted by Crippen LogP contribution is -2.30. The minimum atomic E-state index is -3.82. The van der Waals surface area contributed by atoms with E-state index < -0.39 is 10.0 Å². The highest BCUT2D eigenvalue weighted by Gasteiger charge is 2.13. The average molecular weight is 289 g/mol. The molecule has 7 nitrogen and oxygen atoms in total. The number of sulfonamides is 1. The number of anilines is 2. The SMILES string of the molecule is COCCN(CCO)c1cc(N)cc(S(N)(=O)=O)c1. The zero-order valence-electron chi connectivity index (χ0n) is 10.7. The van der Waals surface area contributed by atoms with Gasteiger partial charge in [0.25, 0.3) is 0 Å². The van der Waals surface area contributed by atoms with Crippen molar-refractivity contribution in [1.29, 1.82) is 0 Å². The summed E-state index contributed by atoms with van der Waals surface area (Å²) in [5.41, 5.74) is 6.55. The van der Waals surface area contributed by atoms with E-state index in [1.165, 1.54) is 12.1 Å². The molecule has 8 heteroatoms. The number of hydrogen-bond donors (Lipinski definition) is 3. The zero-order chi connectivity index (χ0) is 14.5. The quantitative estimate of drug-likeness (QED) is 0.575. The first-order chi connectivity index (χ1) is 8.88. The largest absolute Gasteiger partial charge is 0.399 e. The van der Waals surface area contributed by atoms with E-state index in [9.17, 15) is 8.42 Å². The number of primary sulfonamides is 1. The van der Waals surface area contributed by atoms with Gasteiger partial charge in [-0.25, -0.2) is 13.6 Å². The molecule has 0 aliphatic rings. The van der Waals surface area contributed by atoms with Gasteiger partial charge in [-0.05, 0) is 18.2 Å². The monoisotopic (exact) mass is 289 g/mol. The van der Waals surface area contributed by atoms with Crippen LogP contribution in [0.15, 0.2) is 23.1 Å². The summed E-state index contributed by atoms with van der Waals surface area (Å²) in [6.07, 6.45) is 0. The van der Waals surface area contributed by atoms with Crippen molar-refractivity contribution in [3.63, 3.8) is 0 Å². The molecule has 1 aromatic carbocycles. The van der Waals surface area contributed by atoms with Gasteiger partial charge in [-0.15, -0.1) is 0 Å². The first-order valence-corrected chi connectivity index (χ1v) is 7.21. The normalized spacial score (nSPS) is 11.5. The molecule has 0 saturated carbocycles. The highest BCUT2D eigenvalue weighted by Crippen LogP contribution is 2.22. The predicted molar refractivity (Wildman–Crippen MR) is 73.4 cm³/mol. The molecule has 0 aromatic heterocycles. The molecule has 0 atom stereocenters. The van der Waals surface area contributed by atoms with Gasteiger partial charge in [0.05, 0.1) is 18.1 Å². The van der Waals surface area contributed by atoms with E-state index in [-0.39, 0.29) is 11.5 Å². The van der Waals surface area contributed by atoms with Crippen molar-refractivity contribution in [3.05, 3.63) is 18.2 Å². The van der Waals surface area contributed by atoms with Crippen LogP contribution in [0.25, 0.3) is 0 Å². The molecule has 0 bridgehead atoms. The number of nitrogens with two attached hydrogens (primary N) is 2. The lowest BCUT2D eigenvalue weighted by atomic mass is 10.2. The van der Waals surface area contributed by atoms with Gasteiger partial charge in [0.15, 0.2) is 0 Å². The third-order valence-electron chi connectivity index (χ3n) is 2.54. The molecule has 0 amide bonds. The fourth-order valence-electron chi connectivity index (χ4n) is 1.64. The molecule has 0 fully saturated rings. The van der Waals surface area contributed by atoms with Crippen molar-refractivity contribution in [2.45, 2.75) is 4.90 Å². The lowest BCUT2D eigenvalue weighted by molar-refractivity contribution is 0.203. The van der Waals surface area contributed by atoms with Crippen LogP contribution < -0.4 is 15.8 Å². The third-order valence-corrected chi connectivity index (χ3v) is 3.44. The molecule has 0 aliphatic carbocycles. The topological polar surface area (TPSA) is 119 Å². The summed E-state index contributed by atoms with van der Waals surface area (Å²) in [7, 11) is -2.26. The molecule has 108 valence electrons. The van der Waals surface area contributed by atoms with Crippen molar-refractivity contribution in [3.8, 4) is 0 Å². The maximum atomic E-state index is 11.4. The Kier molecular flexibility index (Phi) is 5.55. The van der Waals surface area contributed by atoms with Gasteiger partial charge in [-0.2, -0.15) is 0 Å². The smallest absolute Gasteiger partial charge is 0.238 e. The summed E-state index contributed by atoms with van der Waals surface area (Å²) in [6.45, 7) is 1.23. The molecule has 0 radical (unpaired) electrons. The van der Waals surface area contributed by atoms with Gasteiger partial charge in [-0.3, -0.25) is 0 Å². The van der Waals surface area contributed by atoms with E-state index in [4.69, 9.17) is 20.7 Å². The molecule has 0 spiro atoms. The number of nitrogens with zero attached hydrogens (tertiary/aromatic N) is 1. The average Bonchev–Trinajstić information content (AvgIpc) is 2.32. The molecule has 0 aliphatic heterocycles. The van der Waals surface area contributed by atoms with Crippen molar-refractivity contribution in [1.82, 2.24) is 0 Å². The first kappa shape index (κ1) is 15.7. The maximum Gasteiger partial charge on any atom is 0.238 e. The Labute approximate surface area is 112 Å². The third kappa shape index (κ3) is 4.67. The Balaban J connectivity index is 3.12. The van der Waals surface area contributed by atoms with E-state index in [1.54, 1.807) is 18.1 Å². The van der Waals surface area contributed by atoms with Gasteiger partial charge in [0, 0.05) is 31.6 Å². The molecule has 1 rings (SSSR count). The summed E-state index contributed by atoms with van der Waals surface area (Å²) in [6, 6.07) is 4.35. The van der Waals surface area contributed by atoms with Crippen molar-refractivity contribution >= 4 is 21.4 Å². The number of hydrogen-bond acceptors (Lipinski definition) is 6. The van der Waals surface area contributed by atoms with Crippen molar-refractivity contribution < 1.29 is 18.3 Å². The summed E-state index contributed by atoms with van der Waals surface area (Å²) < 4.78 is 27.7. The first-order valence-electron chi connectivity index (χ1n) is 5.66. The van der Waals surface area contributed by atoms with Crippen LogP contribution in [0.2, 0.25) is 0 Å². The van der Waals surface area contributed by atoms with Crippen LogP contribution in [0.5, 0.6) is 0 Å². The van der Waals surface area contributed by atoms with Gasteiger partial charge in [0.2, 0.25) is 10.0 Å². The number of aliphatic hydroxyl groups excluding tert-OH is 1. The van der Waals surface area contributed by atoms with E-state index in [1.807, 2.05) is 0 Å². The van der Waals surface area contributed by atoms with Crippen LogP contribution in [0.4, 0.5) is 11.4 Å². The van der Waals surface area contributed by atoms with Gasteiger partial charge in [0.1, 0.15) is 0 Å². The van der Waals surface area contributed by atoms with E-state index in [2.05, 4.69) is 0 Å². The second-order valence-electron chi connectivity index (χ2n) is 4.01. The molecule has 0 unspecified atom stereocenters. The molecular formula is C11H19N3O4S. The molecule has 19 heavy (non-hydrogen) atoms. The Hall–Kier alpha value is -1.35. The van der Waals surface area contributed by atoms with Crippen LogP contribution in [0, 0.1) is 0 Å². The second kappa shape index (κ2) is 6.71. The Morgan fingerprint density at radius 3 is 2.53 bits per heavy atom. The van der Waals surface area contributed by atoms with Crippen LogP contribution in [-0.4, -0.2) is 46.9 Å². The molecule has 0 heterocycles. The van der Waals surface area contributed by atoms with Gasteiger partial charge < -0.3 is 20.5 Å². The summed E-state index contributed by atoms with van der Waals surface area (Å²) in [5.74, 6) is 0. The van der Waals surface area contributed by atoms with Crippen molar-refractivity contribution in [2.24, 2.45) is 5.14 Å². The van der Waals surface area contributed by atoms with Crippen molar-refractivity contribution in [2.75, 3.05) is 44.0 Å². The fraction of sp³-hybridized carbons (Fsp3) is 0.455. The van der Waals surface area contributed by atoms with E-state index >= 15 is 0 Å². The van der Waals surface area contributed by atoms with Crippen LogP contribution >= 0.6 is 0 Å². The molecule has 1 aromatic rings. The maximum absolute atomic E-state index is 11.4. The van der Waals surface area contributed by atoms with E-state index in [0.717, 1.165) is 0 Å². The Bertz CT molecular complexity index is 519. The number of methoxy groups -OCH3 is 1. The summed E-state index contributed by atoms with van der Waals surface area (Å²) >= 11 is 0. The molecule has 0 saturated heterocycles. The van der Waals surface area contributed by atoms with Crippen LogP contribution in [-0.2, 0) is 14.8 Å².